The highest BCUT2D eigenvalue weighted by molar-refractivity contribution is 5.80. The highest BCUT2D eigenvalue weighted by atomic mass is 16.4. The van der Waals surface area contributed by atoms with Crippen LogP contribution in [0.1, 0.15) is 19.8 Å². The van der Waals surface area contributed by atoms with Crippen LogP contribution in [0.4, 0.5) is 0 Å². The van der Waals surface area contributed by atoms with Crippen molar-refractivity contribution in [3.05, 3.63) is 0 Å². The molecule has 2 atom stereocenters. The zero-order valence-electron chi connectivity index (χ0n) is 8.85. The van der Waals surface area contributed by atoms with Gasteiger partial charge in [-0.25, -0.2) is 0 Å². The van der Waals surface area contributed by atoms with Gasteiger partial charge in [0.2, 0.25) is 5.91 Å². The van der Waals surface area contributed by atoms with Crippen LogP contribution in [0.5, 0.6) is 0 Å². The fourth-order valence-electron chi connectivity index (χ4n) is 1.73. The molecule has 86 valence electrons. The van der Waals surface area contributed by atoms with E-state index in [-0.39, 0.29) is 25.0 Å². The van der Waals surface area contributed by atoms with E-state index in [1.807, 2.05) is 6.92 Å². The Morgan fingerprint density at radius 1 is 1.67 bits per heavy atom. The van der Waals surface area contributed by atoms with Crippen LogP contribution in [0, 0.1) is 11.8 Å². The second-order valence-corrected chi connectivity index (χ2v) is 4.16. The molecule has 0 radical (unpaired) electrons. The molecule has 1 amide bonds. The Labute approximate surface area is 88.7 Å². The number of piperidine rings is 1. The van der Waals surface area contributed by atoms with Gasteiger partial charge in [0.05, 0.1) is 5.92 Å². The molecular formula is C10H17NO4. The van der Waals surface area contributed by atoms with Crippen LogP contribution in [0.3, 0.4) is 0 Å². The van der Waals surface area contributed by atoms with E-state index in [2.05, 4.69) is 0 Å². The quantitative estimate of drug-likeness (QED) is 0.688. The van der Waals surface area contributed by atoms with E-state index in [1.165, 1.54) is 0 Å². The third-order valence-corrected chi connectivity index (χ3v) is 2.69. The zero-order chi connectivity index (χ0) is 11.4. The number of aliphatic carboxylic acids is 1. The maximum absolute atomic E-state index is 11.5. The van der Waals surface area contributed by atoms with Crippen LogP contribution in [-0.4, -0.2) is 46.7 Å². The Kier molecular flexibility index (Phi) is 4.08. The molecule has 1 rings (SSSR count). The van der Waals surface area contributed by atoms with Crippen molar-refractivity contribution in [2.75, 3.05) is 19.7 Å². The van der Waals surface area contributed by atoms with Gasteiger partial charge in [0, 0.05) is 26.1 Å². The van der Waals surface area contributed by atoms with Gasteiger partial charge in [-0.15, -0.1) is 0 Å². The molecule has 0 aromatic carbocycles. The molecule has 2 N–H and O–H groups in total. The molecule has 1 aliphatic rings. The van der Waals surface area contributed by atoms with Crippen LogP contribution < -0.4 is 0 Å². The first-order valence-corrected chi connectivity index (χ1v) is 5.16. The van der Waals surface area contributed by atoms with Crippen LogP contribution in [0.15, 0.2) is 0 Å². The Hall–Kier alpha value is -1.10. The van der Waals surface area contributed by atoms with Gasteiger partial charge in [0.15, 0.2) is 0 Å². The van der Waals surface area contributed by atoms with Gasteiger partial charge in [0.1, 0.15) is 0 Å². The number of aliphatic hydroxyl groups excluding tert-OH is 1. The minimum absolute atomic E-state index is 0.00138. The summed E-state index contributed by atoms with van der Waals surface area (Å²) in [4.78, 5) is 23.8. The summed E-state index contributed by atoms with van der Waals surface area (Å²) in [6.07, 6.45) is 0.729. The summed E-state index contributed by atoms with van der Waals surface area (Å²) in [5.74, 6) is -1.30. The molecule has 0 aromatic rings. The van der Waals surface area contributed by atoms with Gasteiger partial charge in [-0.05, 0) is 12.3 Å². The second-order valence-electron chi connectivity index (χ2n) is 4.16. The van der Waals surface area contributed by atoms with Gasteiger partial charge in [-0.2, -0.15) is 0 Å². The van der Waals surface area contributed by atoms with Crippen molar-refractivity contribution in [2.45, 2.75) is 19.8 Å². The Bertz CT molecular complexity index is 254. The number of carboxylic acid groups (broad SMARTS) is 1. The molecule has 5 nitrogen and oxygen atoms in total. The van der Waals surface area contributed by atoms with Crippen molar-refractivity contribution in [3.8, 4) is 0 Å². The monoisotopic (exact) mass is 215 g/mol. The molecule has 1 aliphatic heterocycles. The summed E-state index contributed by atoms with van der Waals surface area (Å²) in [5.41, 5.74) is 0. The summed E-state index contributed by atoms with van der Waals surface area (Å²) in [7, 11) is 0. The van der Waals surface area contributed by atoms with E-state index in [0.717, 1.165) is 0 Å². The summed E-state index contributed by atoms with van der Waals surface area (Å²) in [5, 5.41) is 17.7. The van der Waals surface area contributed by atoms with Crippen LogP contribution in [-0.2, 0) is 9.59 Å². The van der Waals surface area contributed by atoms with Gasteiger partial charge in [-0.3, -0.25) is 9.59 Å². The topological polar surface area (TPSA) is 77.8 Å². The molecule has 0 aliphatic carbocycles. The average molecular weight is 215 g/mol. The molecule has 0 spiro atoms. The molecule has 0 bridgehead atoms. The van der Waals surface area contributed by atoms with Crippen LogP contribution in [0.25, 0.3) is 0 Å². The van der Waals surface area contributed by atoms with Gasteiger partial charge in [0.25, 0.3) is 0 Å². The molecule has 2 unspecified atom stereocenters. The SMILES string of the molecule is CC(CO)CN1CC(C(=O)O)CCC1=O. The number of carbonyl (C=O) groups excluding carboxylic acids is 1. The van der Waals surface area contributed by atoms with Crippen LogP contribution in [0.2, 0.25) is 0 Å². The van der Waals surface area contributed by atoms with Crippen LogP contribution >= 0.6 is 0 Å². The zero-order valence-corrected chi connectivity index (χ0v) is 8.85. The minimum atomic E-state index is -0.843. The number of likely N-dealkylation sites (tertiary alicyclic amines) is 1. The van der Waals surface area contributed by atoms with Crippen molar-refractivity contribution in [3.63, 3.8) is 0 Å². The molecule has 5 heteroatoms. The predicted octanol–water partition coefficient (Wildman–Crippen LogP) is -0.0620. The number of hydrogen-bond acceptors (Lipinski definition) is 3. The Balaban J connectivity index is 2.53. The lowest BCUT2D eigenvalue weighted by atomic mass is 9.97. The number of rotatable bonds is 4. The first kappa shape index (κ1) is 12.0. The molecule has 1 heterocycles. The molecule has 0 saturated carbocycles. The number of amides is 1. The van der Waals surface area contributed by atoms with Crippen molar-refractivity contribution in [1.29, 1.82) is 0 Å². The molecule has 1 saturated heterocycles. The predicted molar refractivity (Wildman–Crippen MR) is 53.2 cm³/mol. The largest absolute Gasteiger partial charge is 0.481 e. The lowest BCUT2D eigenvalue weighted by Crippen LogP contribution is -2.44. The minimum Gasteiger partial charge on any atom is -0.481 e. The first-order chi connectivity index (χ1) is 7.04. The second kappa shape index (κ2) is 5.11. The van der Waals surface area contributed by atoms with Crippen molar-refractivity contribution < 1.29 is 19.8 Å². The van der Waals surface area contributed by atoms with E-state index in [4.69, 9.17) is 10.2 Å². The van der Waals surface area contributed by atoms with Crippen molar-refractivity contribution >= 4 is 11.9 Å². The number of carbonyl (C=O) groups is 2. The molecule has 15 heavy (non-hydrogen) atoms. The maximum Gasteiger partial charge on any atom is 0.308 e. The van der Waals surface area contributed by atoms with Gasteiger partial charge in [-0.1, -0.05) is 6.92 Å². The number of hydrogen-bond donors (Lipinski definition) is 2. The molecular weight excluding hydrogens is 198 g/mol. The third-order valence-electron chi connectivity index (χ3n) is 2.69. The van der Waals surface area contributed by atoms with E-state index < -0.39 is 11.9 Å². The fraction of sp³-hybridized carbons (Fsp3) is 0.800. The highest BCUT2D eigenvalue weighted by Crippen LogP contribution is 2.18. The highest BCUT2D eigenvalue weighted by Gasteiger charge is 2.30. The number of nitrogens with zero attached hydrogens (tertiary/aromatic N) is 1. The molecule has 1 fully saturated rings. The van der Waals surface area contributed by atoms with E-state index in [0.29, 0.717) is 19.4 Å². The van der Waals surface area contributed by atoms with E-state index in [1.54, 1.807) is 4.90 Å². The van der Waals surface area contributed by atoms with Gasteiger partial charge >= 0.3 is 5.97 Å². The first-order valence-electron chi connectivity index (χ1n) is 5.16. The summed E-state index contributed by atoms with van der Waals surface area (Å²) in [6, 6.07) is 0. The fourth-order valence-corrected chi connectivity index (χ4v) is 1.73. The Morgan fingerprint density at radius 3 is 2.87 bits per heavy atom. The molecule has 0 aromatic heterocycles. The average Bonchev–Trinajstić information content (AvgIpc) is 2.20. The van der Waals surface area contributed by atoms with Crippen molar-refractivity contribution in [1.82, 2.24) is 4.90 Å². The van der Waals surface area contributed by atoms with Gasteiger partial charge < -0.3 is 15.1 Å². The number of carboxylic acids is 1. The Morgan fingerprint density at radius 2 is 2.33 bits per heavy atom. The standard InChI is InChI=1S/C10H17NO4/c1-7(6-12)4-11-5-8(10(14)15)2-3-9(11)13/h7-8,12H,2-6H2,1H3,(H,14,15). The summed E-state index contributed by atoms with van der Waals surface area (Å²) >= 11 is 0. The summed E-state index contributed by atoms with van der Waals surface area (Å²) < 4.78 is 0. The van der Waals surface area contributed by atoms with E-state index >= 15 is 0 Å². The maximum atomic E-state index is 11.5. The van der Waals surface area contributed by atoms with Crippen molar-refractivity contribution in [2.24, 2.45) is 11.8 Å². The smallest absolute Gasteiger partial charge is 0.308 e. The lowest BCUT2D eigenvalue weighted by Gasteiger charge is -2.32. The number of aliphatic hydroxyl groups is 1. The third kappa shape index (κ3) is 3.20. The normalized spacial score (nSPS) is 24.0. The lowest BCUT2D eigenvalue weighted by molar-refractivity contribution is -0.147. The summed E-state index contributed by atoms with van der Waals surface area (Å²) in [6.45, 7) is 2.57. The van der Waals surface area contributed by atoms with E-state index in [9.17, 15) is 9.59 Å².